The molecular weight excluding hydrogens is 191 g/mol. The van der Waals surface area contributed by atoms with Crippen LogP contribution in [0.2, 0.25) is 0 Å². The lowest BCUT2D eigenvalue weighted by Crippen LogP contribution is -2.12. The molecule has 1 aliphatic carbocycles. The SMILES string of the molecule is Cc1ccc(F)cc1CC(O)CC1CC1. The van der Waals surface area contributed by atoms with Gasteiger partial charge >= 0.3 is 0 Å². The Labute approximate surface area is 89.9 Å². The minimum Gasteiger partial charge on any atom is -0.393 e. The Morgan fingerprint density at radius 2 is 2.20 bits per heavy atom. The summed E-state index contributed by atoms with van der Waals surface area (Å²) in [5.41, 5.74) is 1.99. The van der Waals surface area contributed by atoms with Crippen molar-refractivity contribution in [3.05, 3.63) is 35.1 Å². The van der Waals surface area contributed by atoms with Crippen molar-refractivity contribution in [3.63, 3.8) is 0 Å². The standard InChI is InChI=1S/C13H17FO/c1-9-2-5-12(14)7-11(9)8-13(15)6-10-3-4-10/h2,5,7,10,13,15H,3-4,6,8H2,1H3. The molecule has 1 fully saturated rings. The minimum absolute atomic E-state index is 0.214. The third-order valence-electron chi connectivity index (χ3n) is 3.07. The molecule has 1 aliphatic rings. The molecule has 0 aliphatic heterocycles. The van der Waals surface area contributed by atoms with E-state index in [-0.39, 0.29) is 11.9 Å². The van der Waals surface area contributed by atoms with Crippen molar-refractivity contribution in [1.29, 1.82) is 0 Å². The molecule has 0 aromatic heterocycles. The van der Waals surface area contributed by atoms with Gasteiger partial charge in [0.25, 0.3) is 0 Å². The van der Waals surface area contributed by atoms with Crippen LogP contribution in [0.4, 0.5) is 4.39 Å². The van der Waals surface area contributed by atoms with Gasteiger partial charge < -0.3 is 5.11 Å². The number of rotatable bonds is 4. The van der Waals surface area contributed by atoms with Crippen LogP contribution in [0.3, 0.4) is 0 Å². The first-order valence-electron chi connectivity index (χ1n) is 5.58. The lowest BCUT2D eigenvalue weighted by Gasteiger charge is -2.11. The summed E-state index contributed by atoms with van der Waals surface area (Å²) in [7, 11) is 0. The summed E-state index contributed by atoms with van der Waals surface area (Å²) in [5.74, 6) is 0.503. The molecule has 1 nitrogen and oxygen atoms in total. The summed E-state index contributed by atoms with van der Waals surface area (Å²) >= 11 is 0. The lowest BCUT2D eigenvalue weighted by atomic mass is 9.99. The molecule has 82 valence electrons. The maximum absolute atomic E-state index is 13.0. The molecule has 1 saturated carbocycles. The van der Waals surface area contributed by atoms with Gasteiger partial charge in [0, 0.05) is 0 Å². The Kier molecular flexibility index (Phi) is 3.06. The first-order chi connectivity index (χ1) is 7.15. The van der Waals surface area contributed by atoms with Crippen LogP contribution < -0.4 is 0 Å². The van der Waals surface area contributed by atoms with E-state index >= 15 is 0 Å². The third-order valence-corrected chi connectivity index (χ3v) is 3.07. The summed E-state index contributed by atoms with van der Waals surface area (Å²) < 4.78 is 13.0. The zero-order chi connectivity index (χ0) is 10.8. The summed E-state index contributed by atoms with van der Waals surface area (Å²) in [4.78, 5) is 0. The van der Waals surface area contributed by atoms with Crippen LogP contribution >= 0.6 is 0 Å². The second-order valence-electron chi connectivity index (χ2n) is 4.61. The molecule has 15 heavy (non-hydrogen) atoms. The van der Waals surface area contributed by atoms with Crippen molar-refractivity contribution in [1.82, 2.24) is 0 Å². The summed E-state index contributed by atoms with van der Waals surface area (Å²) in [6.45, 7) is 1.96. The second-order valence-corrected chi connectivity index (χ2v) is 4.61. The summed E-state index contributed by atoms with van der Waals surface area (Å²) in [6, 6.07) is 4.77. The Bertz CT molecular complexity index is 344. The Morgan fingerprint density at radius 1 is 1.47 bits per heavy atom. The van der Waals surface area contributed by atoms with Gasteiger partial charge in [0.1, 0.15) is 5.82 Å². The van der Waals surface area contributed by atoms with Crippen molar-refractivity contribution in [3.8, 4) is 0 Å². The van der Waals surface area contributed by atoms with Gasteiger partial charge in [0.15, 0.2) is 0 Å². The average Bonchev–Trinajstić information content (AvgIpc) is 2.95. The predicted octanol–water partition coefficient (Wildman–Crippen LogP) is 2.84. The Hall–Kier alpha value is -0.890. The zero-order valence-electron chi connectivity index (χ0n) is 9.04. The molecule has 1 atom stereocenters. The summed E-state index contributed by atoms with van der Waals surface area (Å²) in [6.07, 6.45) is 3.65. The smallest absolute Gasteiger partial charge is 0.123 e. The highest BCUT2D eigenvalue weighted by Crippen LogP contribution is 2.34. The molecule has 0 bridgehead atoms. The van der Waals surface area contributed by atoms with Crippen LogP contribution in [-0.2, 0) is 6.42 Å². The van der Waals surface area contributed by atoms with E-state index in [4.69, 9.17) is 0 Å². The number of aliphatic hydroxyl groups excluding tert-OH is 1. The van der Waals surface area contributed by atoms with E-state index < -0.39 is 0 Å². The zero-order valence-corrected chi connectivity index (χ0v) is 9.04. The fraction of sp³-hybridized carbons (Fsp3) is 0.538. The van der Waals surface area contributed by atoms with Crippen LogP contribution in [0, 0.1) is 18.7 Å². The quantitative estimate of drug-likeness (QED) is 0.806. The van der Waals surface area contributed by atoms with E-state index in [1.54, 1.807) is 6.07 Å². The Morgan fingerprint density at radius 3 is 2.87 bits per heavy atom. The number of hydrogen-bond acceptors (Lipinski definition) is 1. The highest BCUT2D eigenvalue weighted by Gasteiger charge is 2.24. The average molecular weight is 208 g/mol. The van der Waals surface area contributed by atoms with Gasteiger partial charge in [-0.1, -0.05) is 18.9 Å². The molecule has 0 saturated heterocycles. The molecule has 1 N–H and O–H groups in total. The Balaban J connectivity index is 1.98. The molecule has 2 rings (SSSR count). The highest BCUT2D eigenvalue weighted by atomic mass is 19.1. The molecular formula is C13H17FO. The topological polar surface area (TPSA) is 20.2 Å². The second kappa shape index (κ2) is 4.31. The van der Waals surface area contributed by atoms with Crippen LogP contribution in [0.25, 0.3) is 0 Å². The fourth-order valence-corrected chi connectivity index (χ4v) is 1.94. The largest absolute Gasteiger partial charge is 0.393 e. The van der Waals surface area contributed by atoms with Crippen molar-refractivity contribution < 1.29 is 9.50 Å². The molecule has 0 heterocycles. The number of halogens is 1. The van der Waals surface area contributed by atoms with Crippen molar-refractivity contribution in [2.75, 3.05) is 0 Å². The summed E-state index contributed by atoms with van der Waals surface area (Å²) in [5, 5.41) is 9.81. The number of benzene rings is 1. The van der Waals surface area contributed by atoms with Gasteiger partial charge in [-0.05, 0) is 48.9 Å². The maximum atomic E-state index is 13.0. The number of hydrogen-bond donors (Lipinski definition) is 1. The van der Waals surface area contributed by atoms with Gasteiger partial charge in [-0.3, -0.25) is 0 Å². The van der Waals surface area contributed by atoms with Crippen molar-refractivity contribution >= 4 is 0 Å². The first kappa shape index (κ1) is 10.6. The lowest BCUT2D eigenvalue weighted by molar-refractivity contribution is 0.158. The van der Waals surface area contributed by atoms with Gasteiger partial charge in [-0.15, -0.1) is 0 Å². The van der Waals surface area contributed by atoms with Gasteiger partial charge in [-0.25, -0.2) is 4.39 Å². The van der Waals surface area contributed by atoms with E-state index in [1.165, 1.54) is 25.0 Å². The van der Waals surface area contributed by atoms with E-state index in [0.29, 0.717) is 12.3 Å². The third kappa shape index (κ3) is 3.03. The van der Waals surface area contributed by atoms with Crippen molar-refractivity contribution in [2.24, 2.45) is 5.92 Å². The number of aryl methyl sites for hydroxylation is 1. The monoisotopic (exact) mass is 208 g/mol. The molecule has 0 radical (unpaired) electrons. The van der Waals surface area contributed by atoms with E-state index in [9.17, 15) is 9.50 Å². The highest BCUT2D eigenvalue weighted by molar-refractivity contribution is 5.27. The normalized spacial score (nSPS) is 17.8. The van der Waals surface area contributed by atoms with E-state index in [2.05, 4.69) is 0 Å². The van der Waals surface area contributed by atoms with Crippen LogP contribution in [-0.4, -0.2) is 11.2 Å². The molecule has 2 heteroatoms. The first-order valence-corrected chi connectivity index (χ1v) is 5.58. The molecule has 0 spiro atoms. The fourth-order valence-electron chi connectivity index (χ4n) is 1.94. The van der Waals surface area contributed by atoms with Crippen molar-refractivity contribution in [2.45, 2.75) is 38.7 Å². The van der Waals surface area contributed by atoms with Gasteiger partial charge in [-0.2, -0.15) is 0 Å². The molecule has 1 unspecified atom stereocenters. The molecule has 1 aromatic carbocycles. The minimum atomic E-state index is -0.307. The van der Waals surface area contributed by atoms with E-state index in [1.807, 2.05) is 6.92 Å². The van der Waals surface area contributed by atoms with Gasteiger partial charge in [0.05, 0.1) is 6.10 Å². The molecule has 0 amide bonds. The van der Waals surface area contributed by atoms with Gasteiger partial charge in [0.2, 0.25) is 0 Å². The van der Waals surface area contributed by atoms with Crippen LogP contribution in [0.5, 0.6) is 0 Å². The maximum Gasteiger partial charge on any atom is 0.123 e. The number of aliphatic hydroxyl groups is 1. The molecule has 1 aromatic rings. The van der Waals surface area contributed by atoms with Crippen LogP contribution in [0.1, 0.15) is 30.4 Å². The van der Waals surface area contributed by atoms with Crippen LogP contribution in [0.15, 0.2) is 18.2 Å². The predicted molar refractivity (Wildman–Crippen MR) is 58.2 cm³/mol. The van der Waals surface area contributed by atoms with E-state index in [0.717, 1.165) is 17.5 Å².